The summed E-state index contributed by atoms with van der Waals surface area (Å²) >= 11 is 0. The maximum absolute atomic E-state index is 14.3. The van der Waals surface area contributed by atoms with Crippen molar-refractivity contribution in [3.63, 3.8) is 0 Å². The molecule has 0 radical (unpaired) electrons. The molecule has 2 aliphatic heterocycles. The molecule has 0 spiro atoms. The molecule has 200 valence electrons. The number of hydrogen-bond donors (Lipinski definition) is 3. The molecule has 1 aromatic carbocycles. The summed E-state index contributed by atoms with van der Waals surface area (Å²) in [4.78, 5) is 30.1. The van der Waals surface area contributed by atoms with Crippen LogP contribution in [-0.4, -0.2) is 59.6 Å². The van der Waals surface area contributed by atoms with Crippen LogP contribution in [0.1, 0.15) is 25.8 Å². The average molecular weight is 521 g/mol. The fourth-order valence-corrected chi connectivity index (χ4v) is 5.18. The molecule has 1 aliphatic carbocycles. The van der Waals surface area contributed by atoms with Crippen molar-refractivity contribution in [2.75, 3.05) is 41.8 Å². The molecule has 3 unspecified atom stereocenters. The Bertz CT molecular complexity index is 1220. The molecule has 2 amide bonds. The van der Waals surface area contributed by atoms with E-state index in [1.165, 1.54) is 11.0 Å². The van der Waals surface area contributed by atoms with E-state index in [-0.39, 0.29) is 30.4 Å². The highest BCUT2D eigenvalue weighted by molar-refractivity contribution is 5.89. The van der Waals surface area contributed by atoms with E-state index < -0.39 is 23.8 Å². The molecule has 5 rings (SSSR count). The number of fused-ring (bicyclic) bond motifs is 2. The Balaban J connectivity index is 1.33. The van der Waals surface area contributed by atoms with Gasteiger partial charge in [0.15, 0.2) is 5.54 Å². The summed E-state index contributed by atoms with van der Waals surface area (Å²) < 4.78 is 49.7. The quantitative estimate of drug-likeness (QED) is 0.494. The fraction of sp³-hybridized carbons (Fsp3) is 0.560. The van der Waals surface area contributed by atoms with Crippen molar-refractivity contribution in [3.05, 3.63) is 46.2 Å². The van der Waals surface area contributed by atoms with Gasteiger partial charge in [-0.1, -0.05) is 12.1 Å². The molecule has 0 bridgehead atoms. The van der Waals surface area contributed by atoms with Crippen molar-refractivity contribution in [1.82, 2.24) is 14.9 Å². The van der Waals surface area contributed by atoms with Gasteiger partial charge in [0.25, 0.3) is 5.56 Å². The molecule has 2 fully saturated rings. The summed E-state index contributed by atoms with van der Waals surface area (Å²) in [6.07, 6.45) is -3.13. The highest BCUT2D eigenvalue weighted by Crippen LogP contribution is 2.48. The van der Waals surface area contributed by atoms with E-state index in [2.05, 4.69) is 20.9 Å². The van der Waals surface area contributed by atoms with Crippen LogP contribution in [0.25, 0.3) is 0 Å². The number of amides is 2. The lowest BCUT2D eigenvalue weighted by atomic mass is 10.00. The van der Waals surface area contributed by atoms with Gasteiger partial charge in [-0.05, 0) is 56.2 Å². The largest absolute Gasteiger partial charge is 0.413 e. The third-order valence-corrected chi connectivity index (χ3v) is 7.54. The normalized spacial score (nSPS) is 26.0. The van der Waals surface area contributed by atoms with Crippen molar-refractivity contribution in [2.45, 2.75) is 51.1 Å². The summed E-state index contributed by atoms with van der Waals surface area (Å²) in [5.74, 6) is 1.37. The van der Waals surface area contributed by atoms with Crippen LogP contribution in [0.15, 0.2) is 35.1 Å². The Labute approximate surface area is 212 Å². The molecule has 3 aliphatic rings. The number of nitrogens with one attached hydrogen (secondary N) is 3. The molecule has 1 aromatic heterocycles. The number of alkyl halides is 3. The van der Waals surface area contributed by atoms with E-state index in [0.29, 0.717) is 37.0 Å². The first-order valence-corrected chi connectivity index (χ1v) is 12.5. The minimum absolute atomic E-state index is 0.000914. The third-order valence-electron chi connectivity index (χ3n) is 7.54. The number of aromatic nitrogens is 2. The second kappa shape index (κ2) is 9.55. The minimum atomic E-state index is -4.58. The molecule has 2 aromatic rings. The van der Waals surface area contributed by atoms with Crippen LogP contribution in [0, 0.1) is 11.8 Å². The van der Waals surface area contributed by atoms with Crippen molar-refractivity contribution in [3.8, 4) is 0 Å². The summed E-state index contributed by atoms with van der Waals surface area (Å²) in [5, 5.41) is 8.43. The van der Waals surface area contributed by atoms with Gasteiger partial charge in [-0.25, -0.2) is 4.79 Å². The first-order chi connectivity index (χ1) is 17.6. The predicted molar refractivity (Wildman–Crippen MR) is 133 cm³/mol. The highest BCUT2D eigenvalue weighted by Gasteiger charge is 2.59. The molecular weight excluding hydrogens is 489 g/mol. The second-order valence-electron chi connectivity index (χ2n) is 10.1. The third kappa shape index (κ3) is 4.98. The van der Waals surface area contributed by atoms with Gasteiger partial charge in [-0.15, -0.1) is 0 Å². The lowest BCUT2D eigenvalue weighted by Gasteiger charge is -2.36. The fourth-order valence-electron chi connectivity index (χ4n) is 5.18. The number of rotatable bonds is 8. The smallest absolute Gasteiger partial charge is 0.376 e. The van der Waals surface area contributed by atoms with Gasteiger partial charge in [0, 0.05) is 31.4 Å². The van der Waals surface area contributed by atoms with Crippen LogP contribution in [0.4, 0.5) is 35.4 Å². The predicted octanol–water partition coefficient (Wildman–Crippen LogP) is 3.22. The Hall–Kier alpha value is -3.28. The molecule has 3 heterocycles. The number of hydrogen-bond acceptors (Lipinski definition) is 6. The van der Waals surface area contributed by atoms with Crippen LogP contribution in [0.5, 0.6) is 0 Å². The molecule has 37 heavy (non-hydrogen) atoms. The van der Waals surface area contributed by atoms with E-state index in [1.807, 2.05) is 6.92 Å². The molecule has 9 nitrogen and oxygen atoms in total. The molecule has 1 saturated carbocycles. The van der Waals surface area contributed by atoms with E-state index in [4.69, 9.17) is 4.74 Å². The zero-order valence-corrected chi connectivity index (χ0v) is 20.8. The number of halogens is 3. The van der Waals surface area contributed by atoms with Gasteiger partial charge in [0.05, 0.1) is 19.3 Å². The summed E-state index contributed by atoms with van der Waals surface area (Å²) in [6.45, 7) is 4.08. The Morgan fingerprint density at radius 1 is 1.27 bits per heavy atom. The summed E-state index contributed by atoms with van der Waals surface area (Å²) in [6, 6.07) is 7.84. The van der Waals surface area contributed by atoms with Crippen LogP contribution in [0.2, 0.25) is 0 Å². The molecule has 4 atom stereocenters. The van der Waals surface area contributed by atoms with Crippen LogP contribution in [0.3, 0.4) is 0 Å². The Morgan fingerprint density at radius 2 is 2.03 bits per heavy atom. The molecule has 12 heteroatoms. The van der Waals surface area contributed by atoms with Crippen molar-refractivity contribution >= 4 is 23.5 Å². The van der Waals surface area contributed by atoms with Gasteiger partial charge in [0.2, 0.25) is 5.95 Å². The van der Waals surface area contributed by atoms with Gasteiger partial charge in [-0.3, -0.25) is 9.36 Å². The van der Waals surface area contributed by atoms with E-state index in [9.17, 15) is 22.8 Å². The van der Waals surface area contributed by atoms with Crippen molar-refractivity contribution in [1.29, 1.82) is 0 Å². The number of anilines is 3. The number of urea groups is 1. The van der Waals surface area contributed by atoms with Gasteiger partial charge in [0.1, 0.15) is 5.82 Å². The van der Waals surface area contributed by atoms with E-state index in [1.54, 1.807) is 24.3 Å². The Kier molecular flexibility index (Phi) is 6.55. The van der Waals surface area contributed by atoms with Gasteiger partial charge >= 0.3 is 12.2 Å². The standard InChI is InChI=1S/C25H31F3N6O3/c1-3-29-22(36)31-17-6-4-15(5-7-17)8-9-34-23-32-20(30-12-19-18-10-16(18)13-37-19)11-21(35)33(23)14-24(34,2)25(26,27)28/h4-7,11,16,18-19,30H,3,8-10,12-14H2,1-2H3,(H2,29,31,36)/t16?,18?,19-,24?/m1/s1. The maximum atomic E-state index is 14.3. The van der Waals surface area contributed by atoms with Crippen molar-refractivity contribution in [2.24, 2.45) is 11.8 Å². The Morgan fingerprint density at radius 3 is 2.65 bits per heavy atom. The molecule has 1 saturated heterocycles. The maximum Gasteiger partial charge on any atom is 0.413 e. The zero-order chi connectivity index (χ0) is 26.4. The van der Waals surface area contributed by atoms with E-state index in [0.717, 1.165) is 30.1 Å². The number of carbonyl (C=O) groups is 1. The lowest BCUT2D eigenvalue weighted by molar-refractivity contribution is -0.182. The topological polar surface area (TPSA) is 101 Å². The van der Waals surface area contributed by atoms with Crippen molar-refractivity contribution < 1.29 is 22.7 Å². The van der Waals surface area contributed by atoms with Gasteiger partial charge in [-0.2, -0.15) is 18.2 Å². The zero-order valence-electron chi connectivity index (χ0n) is 20.8. The van der Waals surface area contributed by atoms with Crippen LogP contribution < -0.4 is 26.4 Å². The number of carbonyl (C=O) groups excluding carboxylic acids is 1. The number of nitrogens with zero attached hydrogens (tertiary/aromatic N) is 3. The molecular formula is C25H31F3N6O3. The number of ether oxygens (including phenoxy) is 1. The average Bonchev–Trinajstić information content (AvgIpc) is 3.40. The monoisotopic (exact) mass is 520 g/mol. The highest BCUT2D eigenvalue weighted by atomic mass is 19.4. The lowest BCUT2D eigenvalue weighted by Crippen LogP contribution is -2.56. The first kappa shape index (κ1) is 25.4. The second-order valence-corrected chi connectivity index (χ2v) is 10.1. The van der Waals surface area contributed by atoms with Crippen LogP contribution >= 0.6 is 0 Å². The molecule has 3 N–H and O–H groups in total. The van der Waals surface area contributed by atoms with E-state index >= 15 is 0 Å². The number of benzene rings is 1. The SMILES string of the molecule is CCNC(=O)Nc1ccc(CCN2c3nc(NC[C@H]4OCC5CC54)cc(=O)n3CC2(C)C(F)(F)F)cc1. The van der Waals surface area contributed by atoms with Crippen LogP contribution in [-0.2, 0) is 17.7 Å². The van der Waals surface area contributed by atoms with Gasteiger partial charge < -0.3 is 25.6 Å². The summed E-state index contributed by atoms with van der Waals surface area (Å²) in [7, 11) is 0. The first-order valence-electron chi connectivity index (χ1n) is 12.5. The minimum Gasteiger partial charge on any atom is -0.376 e. The summed E-state index contributed by atoms with van der Waals surface area (Å²) in [5.41, 5.74) is -1.43.